The lowest BCUT2D eigenvalue weighted by molar-refractivity contribution is 0.305. The normalized spacial score (nSPS) is 16.9. The molecule has 4 heterocycles. The lowest BCUT2D eigenvalue weighted by Gasteiger charge is -2.11. The number of nitrogens with one attached hydrogen (secondary N) is 2. The zero-order chi connectivity index (χ0) is 17.9. The molecule has 4 nitrogen and oxygen atoms in total. The van der Waals surface area contributed by atoms with Crippen LogP contribution in [0.15, 0.2) is 48.5 Å². The lowest BCUT2D eigenvalue weighted by Crippen LogP contribution is -2.05. The summed E-state index contributed by atoms with van der Waals surface area (Å²) >= 11 is 0. The predicted octanol–water partition coefficient (Wildman–Crippen LogP) is 5.32. The van der Waals surface area contributed by atoms with Crippen molar-refractivity contribution in [2.45, 2.75) is 38.5 Å². The van der Waals surface area contributed by atoms with E-state index in [2.05, 4.69) is 34.9 Å². The molecule has 2 aromatic carbocycles. The van der Waals surface area contributed by atoms with E-state index in [0.29, 0.717) is 0 Å². The minimum Gasteiger partial charge on any atom is -0.494 e. The van der Waals surface area contributed by atoms with Crippen LogP contribution in [0.1, 0.15) is 38.5 Å². The summed E-state index contributed by atoms with van der Waals surface area (Å²) in [4.78, 5) is 0. The summed E-state index contributed by atoms with van der Waals surface area (Å²) in [6.45, 7) is 3.53. The Morgan fingerprint density at radius 1 is 0.500 bits per heavy atom. The molecule has 140 valence electrons. The summed E-state index contributed by atoms with van der Waals surface area (Å²) in [7, 11) is 0. The van der Waals surface area contributed by atoms with Gasteiger partial charge in [-0.25, -0.2) is 0 Å². The number of ether oxygens (including phenoxy) is 2. The average molecular weight is 354 g/mol. The second-order valence-electron chi connectivity index (χ2n) is 6.72. The molecule has 0 aliphatic carbocycles. The first-order valence-corrected chi connectivity index (χ1v) is 9.84. The molecule has 0 saturated heterocycles. The molecule has 4 aliphatic heterocycles. The van der Waals surface area contributed by atoms with E-state index in [9.17, 15) is 0 Å². The van der Waals surface area contributed by atoms with E-state index in [1.54, 1.807) is 0 Å². The van der Waals surface area contributed by atoms with Gasteiger partial charge in [-0.05, 0) is 87.1 Å². The van der Waals surface area contributed by atoms with Crippen molar-refractivity contribution in [2.24, 2.45) is 0 Å². The third kappa shape index (κ3) is 6.51. The van der Waals surface area contributed by atoms with Crippen LogP contribution in [0.4, 0.5) is 11.4 Å². The summed E-state index contributed by atoms with van der Waals surface area (Å²) in [6, 6.07) is 16.6. The monoisotopic (exact) mass is 354 g/mol. The quantitative estimate of drug-likeness (QED) is 0.672. The molecule has 0 fully saturated rings. The predicted molar refractivity (Wildman–Crippen MR) is 109 cm³/mol. The van der Waals surface area contributed by atoms with Gasteiger partial charge in [0.15, 0.2) is 0 Å². The number of hydrogen-bond donors (Lipinski definition) is 2. The molecule has 0 unspecified atom stereocenters. The van der Waals surface area contributed by atoms with Crippen LogP contribution >= 0.6 is 0 Å². The summed E-state index contributed by atoms with van der Waals surface area (Å²) in [5.41, 5.74) is 2.31. The number of benzene rings is 2. The fraction of sp³-hybridized carbons (Fsp3) is 0.455. The number of hydrogen-bond acceptors (Lipinski definition) is 4. The van der Waals surface area contributed by atoms with Crippen LogP contribution in [-0.4, -0.2) is 26.3 Å². The van der Waals surface area contributed by atoms with Crippen LogP contribution in [0.5, 0.6) is 11.5 Å². The molecule has 4 aliphatic rings. The van der Waals surface area contributed by atoms with Crippen molar-refractivity contribution in [2.75, 3.05) is 36.9 Å². The van der Waals surface area contributed by atoms with E-state index in [0.717, 1.165) is 87.7 Å². The van der Waals surface area contributed by atoms with Crippen molar-refractivity contribution < 1.29 is 9.47 Å². The van der Waals surface area contributed by atoms with Crippen molar-refractivity contribution in [1.29, 1.82) is 0 Å². The first-order valence-electron chi connectivity index (χ1n) is 9.84. The summed E-state index contributed by atoms with van der Waals surface area (Å²) in [6.07, 6.45) is 6.76. The van der Waals surface area contributed by atoms with E-state index < -0.39 is 0 Å². The highest BCUT2D eigenvalue weighted by atomic mass is 16.5. The summed E-state index contributed by atoms with van der Waals surface area (Å²) in [5.74, 6) is 1.90. The van der Waals surface area contributed by atoms with Gasteiger partial charge in [-0.2, -0.15) is 0 Å². The Labute approximate surface area is 156 Å². The van der Waals surface area contributed by atoms with Gasteiger partial charge in [0.2, 0.25) is 0 Å². The first kappa shape index (κ1) is 18.4. The van der Waals surface area contributed by atoms with E-state index in [1.165, 1.54) is 0 Å². The smallest absolute Gasteiger partial charge is 0.119 e. The maximum Gasteiger partial charge on any atom is 0.119 e. The fourth-order valence-electron chi connectivity index (χ4n) is 2.99. The Bertz CT molecular complexity index is 514. The molecular formula is C22H30N2O2. The Morgan fingerprint density at radius 3 is 1.35 bits per heavy atom. The maximum absolute atomic E-state index is 5.83. The second kappa shape index (κ2) is 10.6. The third-order valence-corrected chi connectivity index (χ3v) is 4.55. The van der Waals surface area contributed by atoms with Gasteiger partial charge in [0.1, 0.15) is 11.5 Å². The van der Waals surface area contributed by atoms with Gasteiger partial charge in [-0.3, -0.25) is 0 Å². The van der Waals surface area contributed by atoms with Gasteiger partial charge in [0.05, 0.1) is 13.2 Å². The molecule has 0 saturated carbocycles. The Morgan fingerprint density at radius 2 is 0.923 bits per heavy atom. The van der Waals surface area contributed by atoms with Crippen LogP contribution in [0.25, 0.3) is 0 Å². The van der Waals surface area contributed by atoms with Gasteiger partial charge < -0.3 is 20.1 Å². The molecule has 4 heteroatoms. The van der Waals surface area contributed by atoms with Gasteiger partial charge in [-0.15, -0.1) is 0 Å². The lowest BCUT2D eigenvalue weighted by atomic mass is 10.2. The molecule has 2 aromatic rings. The standard InChI is InChI=1S/C22H30N2O2/c1-3-15-23-19-7-13-22(14-8-19)26-18-6-2-4-16-24-20-9-11-21(12-10-20)25-17-5-1/h7-14,23-24H,1-6,15-18H2. The van der Waals surface area contributed by atoms with Crippen LogP contribution in [0.2, 0.25) is 0 Å². The van der Waals surface area contributed by atoms with Crippen LogP contribution in [-0.2, 0) is 0 Å². The van der Waals surface area contributed by atoms with Crippen LogP contribution in [0, 0.1) is 0 Å². The van der Waals surface area contributed by atoms with Crippen molar-refractivity contribution in [3.8, 4) is 11.5 Å². The Kier molecular flexibility index (Phi) is 7.51. The maximum atomic E-state index is 5.83. The molecule has 0 amide bonds. The van der Waals surface area contributed by atoms with Crippen LogP contribution in [0.3, 0.4) is 0 Å². The molecule has 6 rings (SSSR count). The van der Waals surface area contributed by atoms with Crippen LogP contribution < -0.4 is 20.1 Å². The molecule has 2 N–H and O–H groups in total. The topological polar surface area (TPSA) is 42.5 Å². The van der Waals surface area contributed by atoms with E-state index in [4.69, 9.17) is 9.47 Å². The van der Waals surface area contributed by atoms with Crippen molar-refractivity contribution in [3.63, 3.8) is 0 Å². The number of rotatable bonds is 0. The zero-order valence-corrected chi connectivity index (χ0v) is 15.5. The van der Waals surface area contributed by atoms with Gasteiger partial charge in [0.25, 0.3) is 0 Å². The number of anilines is 2. The molecule has 0 atom stereocenters. The molecular weight excluding hydrogens is 324 g/mol. The van der Waals surface area contributed by atoms with Crippen molar-refractivity contribution in [1.82, 2.24) is 0 Å². The zero-order valence-electron chi connectivity index (χ0n) is 15.5. The average Bonchev–Trinajstić information content (AvgIpc) is 2.68. The van der Waals surface area contributed by atoms with E-state index >= 15 is 0 Å². The highest BCUT2D eigenvalue weighted by Gasteiger charge is 1.99. The highest BCUT2D eigenvalue weighted by molar-refractivity contribution is 5.47. The molecule has 0 spiro atoms. The third-order valence-electron chi connectivity index (χ3n) is 4.55. The molecule has 4 bridgehead atoms. The van der Waals surface area contributed by atoms with Gasteiger partial charge >= 0.3 is 0 Å². The Balaban J connectivity index is 1.50. The first-order chi connectivity index (χ1) is 12.9. The van der Waals surface area contributed by atoms with E-state index in [1.807, 2.05) is 24.3 Å². The minimum absolute atomic E-state index is 0.777. The van der Waals surface area contributed by atoms with Gasteiger partial charge in [-0.1, -0.05) is 0 Å². The largest absolute Gasteiger partial charge is 0.494 e. The van der Waals surface area contributed by atoms with Crippen molar-refractivity contribution >= 4 is 11.4 Å². The Hall–Kier alpha value is -2.36. The fourth-order valence-corrected chi connectivity index (χ4v) is 2.99. The van der Waals surface area contributed by atoms with E-state index in [-0.39, 0.29) is 0 Å². The SMILES string of the molecule is c1cc2ccc1NCCCCCOc1ccc(cc1)NCCCCCO2. The van der Waals surface area contributed by atoms with Crippen molar-refractivity contribution in [3.05, 3.63) is 48.5 Å². The minimum atomic E-state index is 0.777. The summed E-state index contributed by atoms with van der Waals surface area (Å²) < 4.78 is 11.7. The molecule has 26 heavy (non-hydrogen) atoms. The second-order valence-corrected chi connectivity index (χ2v) is 6.72. The highest BCUT2D eigenvalue weighted by Crippen LogP contribution is 2.18. The molecule has 0 aromatic heterocycles. The van der Waals surface area contributed by atoms with Gasteiger partial charge in [0, 0.05) is 24.5 Å². The summed E-state index contributed by atoms with van der Waals surface area (Å²) in [5, 5.41) is 6.93. The molecule has 0 radical (unpaired) electrons.